The molecule has 0 aliphatic heterocycles. The highest BCUT2D eigenvalue weighted by Crippen LogP contribution is 2.24. The van der Waals surface area contributed by atoms with Crippen LogP contribution in [0.1, 0.15) is 28.4 Å². The fourth-order valence-electron chi connectivity index (χ4n) is 1.90. The van der Waals surface area contributed by atoms with Crippen LogP contribution in [0.15, 0.2) is 17.0 Å². The zero-order valence-corrected chi connectivity index (χ0v) is 12.9. The van der Waals surface area contributed by atoms with Gasteiger partial charge >= 0.3 is 5.97 Å². The molecular weight excluding hydrogens is 296 g/mol. The zero-order chi connectivity index (χ0) is 16.4. The van der Waals surface area contributed by atoms with Gasteiger partial charge in [0.05, 0.1) is 17.0 Å². The van der Waals surface area contributed by atoms with E-state index in [0.717, 1.165) is 10.4 Å². The van der Waals surface area contributed by atoms with E-state index in [1.165, 1.54) is 6.07 Å². The van der Waals surface area contributed by atoms with E-state index in [9.17, 15) is 18.0 Å². The molecule has 0 fully saturated rings. The predicted octanol–water partition coefficient (Wildman–Crippen LogP) is 0.498. The Morgan fingerprint density at radius 3 is 2.29 bits per heavy atom. The number of benzene rings is 1. The molecule has 1 aromatic carbocycles. The van der Waals surface area contributed by atoms with Gasteiger partial charge in [0.1, 0.15) is 0 Å². The Balaban J connectivity index is 3.49. The number of hydrogen-bond donors (Lipinski definition) is 2. The number of carboxylic acid groups (broad SMARTS) is 1. The number of amides is 1. The van der Waals surface area contributed by atoms with Crippen molar-refractivity contribution in [3.05, 3.63) is 28.8 Å². The summed E-state index contributed by atoms with van der Waals surface area (Å²) in [4.78, 5) is 22.0. The molecule has 0 aliphatic carbocycles. The lowest BCUT2D eigenvalue weighted by atomic mass is 10.1. The van der Waals surface area contributed by atoms with Crippen molar-refractivity contribution in [1.82, 2.24) is 4.31 Å². The van der Waals surface area contributed by atoms with Crippen LogP contribution in [0.3, 0.4) is 0 Å². The number of hydrogen-bond acceptors (Lipinski definition) is 4. The van der Waals surface area contributed by atoms with Gasteiger partial charge in [-0.05, 0) is 37.1 Å². The van der Waals surface area contributed by atoms with Crippen LogP contribution in [0, 0.1) is 13.8 Å². The Morgan fingerprint density at radius 1 is 1.29 bits per heavy atom. The molecule has 0 aromatic heterocycles. The van der Waals surface area contributed by atoms with Crippen LogP contribution in [0.5, 0.6) is 0 Å². The topological polar surface area (TPSA) is 118 Å². The molecule has 0 heterocycles. The third kappa shape index (κ3) is 3.59. The smallest absolute Gasteiger partial charge is 0.335 e. The highest BCUT2D eigenvalue weighted by molar-refractivity contribution is 7.89. The van der Waals surface area contributed by atoms with E-state index in [1.54, 1.807) is 20.8 Å². The molecule has 1 rings (SSSR count). The second-order valence-electron chi connectivity index (χ2n) is 4.62. The molecule has 0 saturated heterocycles. The molecule has 0 atom stereocenters. The highest BCUT2D eigenvalue weighted by atomic mass is 32.2. The quantitative estimate of drug-likeness (QED) is 0.792. The first-order valence-electron chi connectivity index (χ1n) is 6.24. The van der Waals surface area contributed by atoms with Crippen molar-refractivity contribution in [1.29, 1.82) is 0 Å². The van der Waals surface area contributed by atoms with Crippen LogP contribution >= 0.6 is 0 Å². The molecule has 116 valence electrons. The summed E-state index contributed by atoms with van der Waals surface area (Å²) in [5.41, 5.74) is 5.92. The molecule has 0 unspecified atom stereocenters. The SMILES string of the molecule is CCN(CC(N)=O)S(=O)(=O)c1cc(C(=O)O)cc(C)c1C. The normalized spacial score (nSPS) is 11.6. The number of nitrogens with two attached hydrogens (primary N) is 1. The van der Waals surface area contributed by atoms with Crippen LogP contribution in [-0.4, -0.2) is 42.8 Å². The number of carbonyl (C=O) groups excluding carboxylic acids is 1. The number of aromatic carboxylic acids is 1. The van der Waals surface area contributed by atoms with Crippen molar-refractivity contribution in [2.24, 2.45) is 5.73 Å². The molecule has 8 heteroatoms. The van der Waals surface area contributed by atoms with Crippen molar-refractivity contribution < 1.29 is 23.1 Å². The number of primary amides is 1. The average molecular weight is 314 g/mol. The van der Waals surface area contributed by atoms with E-state index in [0.29, 0.717) is 11.1 Å². The fourth-order valence-corrected chi connectivity index (χ4v) is 3.64. The van der Waals surface area contributed by atoms with Gasteiger partial charge in [-0.3, -0.25) is 4.79 Å². The van der Waals surface area contributed by atoms with Gasteiger partial charge < -0.3 is 10.8 Å². The third-order valence-electron chi connectivity index (χ3n) is 3.17. The van der Waals surface area contributed by atoms with Gasteiger partial charge in [-0.1, -0.05) is 6.92 Å². The van der Waals surface area contributed by atoms with Gasteiger partial charge in [0, 0.05) is 6.54 Å². The summed E-state index contributed by atoms with van der Waals surface area (Å²) in [6, 6.07) is 2.50. The number of carboxylic acids is 1. The van der Waals surface area contributed by atoms with Gasteiger partial charge in [-0.2, -0.15) is 4.31 Å². The van der Waals surface area contributed by atoms with Crippen molar-refractivity contribution in [2.75, 3.05) is 13.1 Å². The maximum atomic E-state index is 12.6. The lowest BCUT2D eigenvalue weighted by Crippen LogP contribution is -2.38. The minimum atomic E-state index is -3.99. The largest absolute Gasteiger partial charge is 0.478 e. The summed E-state index contributed by atoms with van der Waals surface area (Å²) in [5, 5.41) is 9.05. The Bertz CT molecular complexity index is 682. The zero-order valence-electron chi connectivity index (χ0n) is 12.1. The van der Waals surface area contributed by atoms with Crippen molar-refractivity contribution in [3.8, 4) is 0 Å². The summed E-state index contributed by atoms with van der Waals surface area (Å²) >= 11 is 0. The Kier molecular flexibility index (Phi) is 5.08. The first-order valence-corrected chi connectivity index (χ1v) is 7.68. The van der Waals surface area contributed by atoms with Crippen LogP contribution in [0.4, 0.5) is 0 Å². The fraction of sp³-hybridized carbons (Fsp3) is 0.385. The summed E-state index contributed by atoms with van der Waals surface area (Å²) in [6.45, 7) is 4.40. The van der Waals surface area contributed by atoms with E-state index >= 15 is 0 Å². The van der Waals surface area contributed by atoms with E-state index in [4.69, 9.17) is 10.8 Å². The number of aryl methyl sites for hydroxylation is 1. The molecule has 7 nitrogen and oxygen atoms in total. The van der Waals surface area contributed by atoms with Crippen molar-refractivity contribution in [2.45, 2.75) is 25.7 Å². The van der Waals surface area contributed by atoms with Crippen LogP contribution in [0.25, 0.3) is 0 Å². The molecule has 0 radical (unpaired) electrons. The third-order valence-corrected chi connectivity index (χ3v) is 5.22. The summed E-state index contributed by atoms with van der Waals surface area (Å²) in [6.07, 6.45) is 0. The monoisotopic (exact) mass is 314 g/mol. The van der Waals surface area contributed by atoms with Gasteiger partial charge in [-0.15, -0.1) is 0 Å². The van der Waals surface area contributed by atoms with Gasteiger partial charge in [0.2, 0.25) is 15.9 Å². The highest BCUT2D eigenvalue weighted by Gasteiger charge is 2.27. The molecule has 0 saturated carbocycles. The van der Waals surface area contributed by atoms with Gasteiger partial charge in [-0.25, -0.2) is 13.2 Å². The number of likely N-dealkylation sites (N-methyl/N-ethyl adjacent to an activating group) is 1. The van der Waals surface area contributed by atoms with Crippen molar-refractivity contribution in [3.63, 3.8) is 0 Å². The molecule has 1 amide bonds. The number of nitrogens with zero attached hydrogens (tertiary/aromatic N) is 1. The van der Waals surface area contributed by atoms with Crippen LogP contribution in [0.2, 0.25) is 0 Å². The summed E-state index contributed by atoms with van der Waals surface area (Å²) < 4.78 is 26.1. The second kappa shape index (κ2) is 6.23. The standard InChI is InChI=1S/C13H18N2O5S/c1-4-15(7-12(14)16)21(19,20)11-6-10(13(17)18)5-8(2)9(11)3/h5-6H,4,7H2,1-3H3,(H2,14,16)(H,17,18). The molecule has 0 aliphatic rings. The summed E-state index contributed by atoms with van der Waals surface area (Å²) in [7, 11) is -3.99. The minimum Gasteiger partial charge on any atom is -0.478 e. The van der Waals surface area contributed by atoms with Gasteiger partial charge in [0.15, 0.2) is 0 Å². The van der Waals surface area contributed by atoms with Crippen molar-refractivity contribution >= 4 is 21.9 Å². The number of rotatable bonds is 6. The van der Waals surface area contributed by atoms with Gasteiger partial charge in [0.25, 0.3) is 0 Å². The Hall–Kier alpha value is -1.93. The van der Waals surface area contributed by atoms with Crippen LogP contribution in [-0.2, 0) is 14.8 Å². The molecule has 3 N–H and O–H groups in total. The van der Waals surface area contributed by atoms with E-state index < -0.39 is 28.4 Å². The van der Waals surface area contributed by atoms with Crippen LogP contribution < -0.4 is 5.73 Å². The van der Waals surface area contributed by atoms with E-state index in [-0.39, 0.29) is 17.0 Å². The predicted molar refractivity (Wildman–Crippen MR) is 76.5 cm³/mol. The Morgan fingerprint density at radius 2 is 1.86 bits per heavy atom. The molecule has 1 aromatic rings. The number of sulfonamides is 1. The summed E-state index contributed by atoms with van der Waals surface area (Å²) in [5.74, 6) is -1.99. The minimum absolute atomic E-state index is 0.0566. The average Bonchev–Trinajstić information content (AvgIpc) is 2.37. The van der Waals surface area contributed by atoms with E-state index in [1.807, 2.05) is 0 Å². The molecule has 21 heavy (non-hydrogen) atoms. The first kappa shape index (κ1) is 17.1. The van der Waals surface area contributed by atoms with E-state index in [2.05, 4.69) is 0 Å². The lowest BCUT2D eigenvalue weighted by molar-refractivity contribution is -0.118. The number of carbonyl (C=O) groups is 2. The maximum absolute atomic E-state index is 12.6. The second-order valence-corrected chi connectivity index (χ2v) is 6.53. The molecule has 0 bridgehead atoms. The molecule has 0 spiro atoms. The Labute approximate surface area is 123 Å². The molecular formula is C13H18N2O5S. The first-order chi connectivity index (χ1) is 9.61. The maximum Gasteiger partial charge on any atom is 0.335 e. The lowest BCUT2D eigenvalue weighted by Gasteiger charge is -2.21.